The highest BCUT2D eigenvalue weighted by Gasteiger charge is 2.20. The number of hydroxylamine groups is 1. The highest BCUT2D eigenvalue weighted by atomic mass is 16.7. The van der Waals surface area contributed by atoms with Crippen molar-refractivity contribution in [2.75, 3.05) is 13.7 Å². The number of hydrogen-bond acceptors (Lipinski definition) is 6. The molecule has 27 heavy (non-hydrogen) atoms. The first-order chi connectivity index (χ1) is 13.2. The first kappa shape index (κ1) is 17.1. The maximum atomic E-state index is 12.3. The van der Waals surface area contributed by atoms with E-state index in [0.29, 0.717) is 0 Å². The maximum absolute atomic E-state index is 12.3. The first-order valence-corrected chi connectivity index (χ1v) is 8.54. The minimum Gasteiger partial charge on any atom is -0.497 e. The average molecular weight is 362 g/mol. The molecule has 1 N–H and O–H groups in total. The van der Waals surface area contributed by atoms with Crippen molar-refractivity contribution in [1.82, 2.24) is 10.5 Å². The minimum absolute atomic E-state index is 0.0972. The number of carbonyl (C=O) groups is 1. The lowest BCUT2D eigenvalue weighted by atomic mass is 10.1. The molecule has 6 nitrogen and oxygen atoms in total. The lowest BCUT2D eigenvalue weighted by Crippen LogP contribution is -2.20. The van der Waals surface area contributed by atoms with Crippen LogP contribution in [0.4, 0.5) is 0 Å². The molecule has 0 fully saturated rings. The Morgan fingerprint density at radius 3 is 2.74 bits per heavy atom. The molecule has 0 bridgehead atoms. The van der Waals surface area contributed by atoms with Crippen molar-refractivity contribution < 1.29 is 19.1 Å². The van der Waals surface area contributed by atoms with Crippen molar-refractivity contribution in [3.05, 3.63) is 78.0 Å². The Balaban J connectivity index is 1.39. The second-order valence-corrected chi connectivity index (χ2v) is 6.05. The lowest BCUT2D eigenvalue weighted by molar-refractivity contribution is -0.00383. The molecule has 0 saturated carbocycles. The van der Waals surface area contributed by atoms with Gasteiger partial charge in [0, 0.05) is 5.39 Å². The molecule has 0 aliphatic carbocycles. The Morgan fingerprint density at radius 2 is 1.93 bits per heavy atom. The summed E-state index contributed by atoms with van der Waals surface area (Å²) < 4.78 is 10.5. The molecular weight excluding hydrogens is 344 g/mol. The van der Waals surface area contributed by atoms with E-state index in [1.54, 1.807) is 13.2 Å². The fourth-order valence-corrected chi connectivity index (χ4v) is 2.81. The number of carbonyl (C=O) groups excluding carboxylic acids is 1. The molecule has 0 amide bonds. The predicted molar refractivity (Wildman–Crippen MR) is 101 cm³/mol. The van der Waals surface area contributed by atoms with Gasteiger partial charge in [0.2, 0.25) is 0 Å². The number of rotatable bonds is 5. The third-order valence-corrected chi connectivity index (χ3v) is 4.26. The monoisotopic (exact) mass is 362 g/mol. The maximum Gasteiger partial charge on any atom is 0.357 e. The quantitative estimate of drug-likeness (QED) is 0.702. The van der Waals surface area contributed by atoms with Crippen LogP contribution in [0.2, 0.25) is 0 Å². The number of hydrogen-bond donors (Lipinski definition) is 1. The van der Waals surface area contributed by atoms with E-state index in [9.17, 15) is 4.79 Å². The molecule has 1 aliphatic heterocycles. The Kier molecular flexibility index (Phi) is 4.72. The summed E-state index contributed by atoms with van der Waals surface area (Å²) in [5.41, 5.74) is 5.68. The third kappa shape index (κ3) is 3.75. The van der Waals surface area contributed by atoms with E-state index in [2.05, 4.69) is 10.5 Å². The number of benzene rings is 2. The van der Waals surface area contributed by atoms with Gasteiger partial charge in [0.05, 0.1) is 18.3 Å². The van der Waals surface area contributed by atoms with E-state index < -0.39 is 5.97 Å². The summed E-state index contributed by atoms with van der Waals surface area (Å²) in [6, 6.07) is 18.7. The van der Waals surface area contributed by atoms with Gasteiger partial charge in [0.25, 0.3) is 0 Å². The van der Waals surface area contributed by atoms with Crippen molar-refractivity contribution in [2.45, 2.75) is 6.10 Å². The van der Waals surface area contributed by atoms with Gasteiger partial charge in [-0.15, -0.1) is 0 Å². The van der Waals surface area contributed by atoms with Crippen molar-refractivity contribution >= 4 is 22.6 Å². The number of esters is 1. The van der Waals surface area contributed by atoms with Gasteiger partial charge in [0.1, 0.15) is 24.2 Å². The van der Waals surface area contributed by atoms with E-state index in [4.69, 9.17) is 14.3 Å². The molecule has 1 aliphatic rings. The topological polar surface area (TPSA) is 69.7 Å². The molecule has 1 atom stereocenters. The number of ether oxygens (including phenoxy) is 2. The van der Waals surface area contributed by atoms with Crippen LogP contribution in [0, 0.1) is 0 Å². The van der Waals surface area contributed by atoms with Crippen LogP contribution in [0.25, 0.3) is 16.6 Å². The molecule has 6 heteroatoms. The summed E-state index contributed by atoms with van der Waals surface area (Å²) in [6.07, 6.45) is 1.51. The van der Waals surface area contributed by atoms with Crippen LogP contribution >= 0.6 is 0 Å². The normalized spacial score (nSPS) is 15.9. The van der Waals surface area contributed by atoms with Crippen LogP contribution in [0.1, 0.15) is 16.1 Å². The minimum atomic E-state index is -0.476. The molecule has 3 aromatic rings. The van der Waals surface area contributed by atoms with E-state index >= 15 is 0 Å². The van der Waals surface area contributed by atoms with E-state index in [1.165, 1.54) is 0 Å². The van der Waals surface area contributed by atoms with Gasteiger partial charge >= 0.3 is 5.97 Å². The summed E-state index contributed by atoms with van der Waals surface area (Å²) >= 11 is 0. The molecule has 0 unspecified atom stereocenters. The van der Waals surface area contributed by atoms with Gasteiger partial charge < -0.3 is 9.47 Å². The second kappa shape index (κ2) is 7.47. The smallest absolute Gasteiger partial charge is 0.357 e. The van der Waals surface area contributed by atoms with Crippen LogP contribution in [0.5, 0.6) is 5.75 Å². The average Bonchev–Trinajstić information content (AvgIpc) is 3.21. The zero-order valence-corrected chi connectivity index (χ0v) is 14.7. The third-order valence-electron chi connectivity index (χ3n) is 4.26. The zero-order chi connectivity index (χ0) is 18.6. The van der Waals surface area contributed by atoms with Crippen molar-refractivity contribution in [2.24, 2.45) is 0 Å². The van der Waals surface area contributed by atoms with Crippen LogP contribution in [0.3, 0.4) is 0 Å². The SMILES string of the molecule is COc1ccc(C2=C[C@H](COC(=O)c3ccc4ccccc4n3)ON2)cc1. The number of fused-ring (bicyclic) bond motifs is 1. The molecule has 4 rings (SSSR count). The highest BCUT2D eigenvalue weighted by Crippen LogP contribution is 2.21. The fraction of sp³-hybridized carbons (Fsp3) is 0.143. The van der Waals surface area contributed by atoms with Gasteiger partial charge in [-0.05, 0) is 48.0 Å². The van der Waals surface area contributed by atoms with Crippen LogP contribution in [0.15, 0.2) is 66.7 Å². The van der Waals surface area contributed by atoms with Crippen molar-refractivity contribution in [3.63, 3.8) is 0 Å². The highest BCUT2D eigenvalue weighted by molar-refractivity contribution is 5.91. The standard InChI is InChI=1S/C21H18N2O4/c1-25-16-9-6-15(7-10-16)20-12-17(27-23-20)13-26-21(24)19-11-8-14-4-2-3-5-18(14)22-19/h2-12,17,23H,13H2,1H3/t17-/m1/s1. The Labute approximate surface area is 156 Å². The summed E-state index contributed by atoms with van der Waals surface area (Å²) in [4.78, 5) is 22.1. The molecule has 0 saturated heterocycles. The van der Waals surface area contributed by atoms with Gasteiger partial charge in [0.15, 0.2) is 0 Å². The van der Waals surface area contributed by atoms with Crippen LogP contribution in [-0.2, 0) is 9.57 Å². The van der Waals surface area contributed by atoms with E-state index in [1.807, 2.05) is 60.7 Å². The molecule has 0 radical (unpaired) electrons. The summed E-state index contributed by atoms with van der Waals surface area (Å²) in [5.74, 6) is 0.308. The first-order valence-electron chi connectivity index (χ1n) is 8.54. The number of para-hydroxylation sites is 1. The number of nitrogens with one attached hydrogen (secondary N) is 1. The zero-order valence-electron chi connectivity index (χ0n) is 14.7. The Hall–Kier alpha value is -3.38. The summed E-state index contributed by atoms with van der Waals surface area (Å²) in [5, 5.41) is 0.976. The Morgan fingerprint density at radius 1 is 1.11 bits per heavy atom. The number of methoxy groups -OCH3 is 1. The summed E-state index contributed by atoms with van der Waals surface area (Å²) in [6.45, 7) is 0.0972. The number of aromatic nitrogens is 1. The number of pyridine rings is 1. The van der Waals surface area contributed by atoms with Crippen LogP contribution < -0.4 is 10.2 Å². The molecule has 2 aromatic carbocycles. The van der Waals surface area contributed by atoms with Crippen molar-refractivity contribution in [1.29, 1.82) is 0 Å². The Bertz CT molecular complexity index is 998. The van der Waals surface area contributed by atoms with Crippen LogP contribution in [-0.4, -0.2) is 30.8 Å². The van der Waals surface area contributed by atoms with Gasteiger partial charge in [-0.25, -0.2) is 9.78 Å². The largest absolute Gasteiger partial charge is 0.497 e. The molecule has 136 valence electrons. The number of nitrogens with zero attached hydrogens (tertiary/aromatic N) is 1. The van der Waals surface area contributed by atoms with E-state index in [-0.39, 0.29) is 18.4 Å². The van der Waals surface area contributed by atoms with Gasteiger partial charge in [-0.2, -0.15) is 0 Å². The second-order valence-electron chi connectivity index (χ2n) is 6.05. The van der Waals surface area contributed by atoms with Crippen molar-refractivity contribution in [3.8, 4) is 5.75 Å². The molecule has 2 heterocycles. The predicted octanol–water partition coefficient (Wildman–Crippen LogP) is 3.34. The molecular formula is C21H18N2O4. The van der Waals surface area contributed by atoms with Gasteiger partial charge in [-0.1, -0.05) is 24.3 Å². The van der Waals surface area contributed by atoms with Gasteiger partial charge in [-0.3, -0.25) is 10.3 Å². The van der Waals surface area contributed by atoms with E-state index in [0.717, 1.165) is 27.9 Å². The summed E-state index contributed by atoms with van der Waals surface area (Å²) in [7, 11) is 1.62. The fourth-order valence-electron chi connectivity index (χ4n) is 2.81. The molecule has 0 spiro atoms. The molecule has 1 aromatic heterocycles. The lowest BCUT2D eigenvalue weighted by Gasteiger charge is -2.09.